The van der Waals surface area contributed by atoms with E-state index >= 15 is 0 Å². The minimum atomic E-state index is -0.889. The first-order valence-corrected chi connectivity index (χ1v) is 5.19. The van der Waals surface area contributed by atoms with Crippen LogP contribution in [0, 0.1) is 5.92 Å². The molecule has 16 heavy (non-hydrogen) atoms. The average Bonchev–Trinajstić information content (AvgIpc) is 2.60. The second-order valence-corrected chi connectivity index (χ2v) is 4.16. The van der Waals surface area contributed by atoms with E-state index in [0.29, 0.717) is 12.1 Å². The predicted molar refractivity (Wildman–Crippen MR) is 59.0 cm³/mol. The van der Waals surface area contributed by atoms with Crippen LogP contribution < -0.4 is 5.73 Å². The lowest BCUT2D eigenvalue weighted by atomic mass is 9.95. The van der Waals surface area contributed by atoms with Crippen LogP contribution in [0.15, 0.2) is 24.3 Å². The number of carbonyl (C=O) groups is 2. The van der Waals surface area contributed by atoms with Crippen molar-refractivity contribution >= 4 is 17.4 Å². The highest BCUT2D eigenvalue weighted by Gasteiger charge is 2.37. The summed E-state index contributed by atoms with van der Waals surface area (Å²) in [6, 6.07) is 7.10. The van der Waals surface area contributed by atoms with Crippen LogP contribution in [-0.2, 0) is 9.59 Å². The third-order valence-electron chi connectivity index (χ3n) is 3.02. The van der Waals surface area contributed by atoms with E-state index in [1.807, 2.05) is 6.07 Å². The number of hydrogen-bond acceptors (Lipinski definition) is 3. The number of Topliss-reactive ketones (excluding diaryl/α,β-unsaturated/α-hetero) is 1. The lowest BCUT2D eigenvalue weighted by Crippen LogP contribution is -2.09. The van der Waals surface area contributed by atoms with Crippen molar-refractivity contribution in [3.05, 3.63) is 29.8 Å². The van der Waals surface area contributed by atoms with E-state index in [0.717, 1.165) is 5.56 Å². The van der Waals surface area contributed by atoms with Gasteiger partial charge < -0.3 is 10.8 Å². The molecule has 4 heteroatoms. The number of nitrogens with two attached hydrogens (primary N) is 1. The molecule has 84 valence electrons. The first-order chi connectivity index (χ1) is 7.58. The maximum Gasteiger partial charge on any atom is 0.306 e. The first-order valence-electron chi connectivity index (χ1n) is 5.19. The third-order valence-corrected chi connectivity index (χ3v) is 3.02. The largest absolute Gasteiger partial charge is 0.481 e. The molecule has 0 spiro atoms. The SMILES string of the molecule is Nc1cccc([C@@H]2C[C@@H](C(=O)O)CC2=O)c1. The number of nitrogen functional groups attached to an aromatic ring is 1. The minimum absolute atomic E-state index is 0.00185. The monoisotopic (exact) mass is 219 g/mol. The molecule has 2 rings (SSSR count). The molecule has 2 atom stereocenters. The van der Waals surface area contributed by atoms with E-state index in [9.17, 15) is 9.59 Å². The number of carboxylic acids is 1. The Hall–Kier alpha value is -1.84. The normalized spacial score (nSPS) is 24.6. The van der Waals surface area contributed by atoms with Crippen LogP contribution in [0.3, 0.4) is 0 Å². The number of anilines is 1. The van der Waals surface area contributed by atoms with Crippen LogP contribution in [0.5, 0.6) is 0 Å². The summed E-state index contributed by atoms with van der Waals surface area (Å²) in [7, 11) is 0. The number of hydrogen-bond donors (Lipinski definition) is 2. The topological polar surface area (TPSA) is 80.4 Å². The van der Waals surface area contributed by atoms with Gasteiger partial charge in [-0.2, -0.15) is 0 Å². The molecule has 0 amide bonds. The van der Waals surface area contributed by atoms with Gasteiger partial charge in [-0.25, -0.2) is 0 Å². The lowest BCUT2D eigenvalue weighted by Gasteiger charge is -2.09. The highest BCUT2D eigenvalue weighted by molar-refractivity contribution is 5.92. The zero-order valence-electron chi connectivity index (χ0n) is 8.72. The molecule has 0 aliphatic heterocycles. The van der Waals surface area contributed by atoms with Gasteiger partial charge in [0.05, 0.1) is 5.92 Å². The predicted octanol–water partition coefficient (Wildman–Crippen LogP) is 1.42. The number of benzene rings is 1. The smallest absolute Gasteiger partial charge is 0.306 e. The number of aliphatic carboxylic acids is 1. The fraction of sp³-hybridized carbons (Fsp3) is 0.333. The summed E-state index contributed by atoms with van der Waals surface area (Å²) in [6.07, 6.45) is 0.520. The van der Waals surface area contributed by atoms with Gasteiger partial charge in [0.25, 0.3) is 0 Å². The summed E-state index contributed by atoms with van der Waals surface area (Å²) in [4.78, 5) is 22.5. The van der Waals surface area contributed by atoms with E-state index in [-0.39, 0.29) is 18.1 Å². The molecule has 0 unspecified atom stereocenters. The molecular formula is C12H13NO3. The molecule has 4 nitrogen and oxygen atoms in total. The summed E-state index contributed by atoms with van der Waals surface area (Å²) < 4.78 is 0. The summed E-state index contributed by atoms with van der Waals surface area (Å²) in [5.74, 6) is -1.73. The van der Waals surface area contributed by atoms with Crippen molar-refractivity contribution in [1.82, 2.24) is 0 Å². The molecule has 1 aromatic carbocycles. The van der Waals surface area contributed by atoms with Crippen LogP contribution >= 0.6 is 0 Å². The van der Waals surface area contributed by atoms with Crippen molar-refractivity contribution in [1.29, 1.82) is 0 Å². The fourth-order valence-corrected chi connectivity index (χ4v) is 2.17. The second-order valence-electron chi connectivity index (χ2n) is 4.16. The van der Waals surface area contributed by atoms with Gasteiger partial charge in [-0.15, -0.1) is 0 Å². The number of rotatable bonds is 2. The van der Waals surface area contributed by atoms with Gasteiger partial charge in [-0.3, -0.25) is 9.59 Å². The van der Waals surface area contributed by atoms with E-state index in [2.05, 4.69) is 0 Å². The zero-order chi connectivity index (χ0) is 11.7. The lowest BCUT2D eigenvalue weighted by molar-refractivity contribution is -0.142. The number of carbonyl (C=O) groups excluding carboxylic acids is 1. The van der Waals surface area contributed by atoms with E-state index in [1.165, 1.54) is 0 Å². The quantitative estimate of drug-likeness (QED) is 0.737. The van der Waals surface area contributed by atoms with Gasteiger partial charge in [0.1, 0.15) is 5.78 Å². The maximum absolute atomic E-state index is 11.7. The Morgan fingerprint density at radius 3 is 2.75 bits per heavy atom. The van der Waals surface area contributed by atoms with Gasteiger partial charge in [0.2, 0.25) is 0 Å². The molecule has 0 saturated heterocycles. The molecular weight excluding hydrogens is 206 g/mol. The Morgan fingerprint density at radius 1 is 1.44 bits per heavy atom. The molecule has 0 radical (unpaired) electrons. The summed E-state index contributed by atoms with van der Waals surface area (Å²) >= 11 is 0. The van der Waals surface area contributed by atoms with Crippen molar-refractivity contribution < 1.29 is 14.7 Å². The van der Waals surface area contributed by atoms with E-state index in [1.54, 1.807) is 18.2 Å². The second kappa shape index (κ2) is 3.96. The molecule has 0 bridgehead atoms. The van der Waals surface area contributed by atoms with E-state index < -0.39 is 11.9 Å². The van der Waals surface area contributed by atoms with Crippen molar-refractivity contribution in [3.8, 4) is 0 Å². The van der Waals surface area contributed by atoms with Gasteiger partial charge in [0, 0.05) is 18.0 Å². The van der Waals surface area contributed by atoms with Crippen molar-refractivity contribution in [3.63, 3.8) is 0 Å². The highest BCUT2D eigenvalue weighted by Crippen LogP contribution is 2.36. The molecule has 1 saturated carbocycles. The van der Waals surface area contributed by atoms with Gasteiger partial charge >= 0.3 is 5.97 Å². The Labute approximate surface area is 93.1 Å². The summed E-state index contributed by atoms with van der Waals surface area (Å²) in [5, 5.41) is 8.87. The molecule has 1 fully saturated rings. The van der Waals surface area contributed by atoms with Crippen molar-refractivity contribution in [2.75, 3.05) is 5.73 Å². The molecule has 0 aromatic heterocycles. The molecule has 3 N–H and O–H groups in total. The Bertz CT molecular complexity index is 442. The molecule has 1 aliphatic carbocycles. The van der Waals surface area contributed by atoms with Crippen LogP contribution in [0.1, 0.15) is 24.3 Å². The Balaban J connectivity index is 2.23. The minimum Gasteiger partial charge on any atom is -0.481 e. The maximum atomic E-state index is 11.7. The third kappa shape index (κ3) is 1.91. The zero-order valence-corrected chi connectivity index (χ0v) is 8.72. The van der Waals surface area contributed by atoms with Crippen LogP contribution in [0.25, 0.3) is 0 Å². The standard InChI is InChI=1S/C12H13NO3/c13-9-3-1-2-7(4-9)10-5-8(12(15)16)6-11(10)14/h1-4,8,10H,5-6,13H2,(H,15,16)/t8-,10+/m1/s1. The highest BCUT2D eigenvalue weighted by atomic mass is 16.4. The van der Waals surface area contributed by atoms with Gasteiger partial charge in [0.15, 0.2) is 0 Å². The number of carboxylic acid groups (broad SMARTS) is 1. The van der Waals surface area contributed by atoms with Gasteiger partial charge in [-0.05, 0) is 24.1 Å². The molecule has 0 heterocycles. The van der Waals surface area contributed by atoms with E-state index in [4.69, 9.17) is 10.8 Å². The fourth-order valence-electron chi connectivity index (χ4n) is 2.17. The molecule has 1 aliphatic rings. The number of ketones is 1. The molecule has 1 aromatic rings. The van der Waals surface area contributed by atoms with Crippen LogP contribution in [-0.4, -0.2) is 16.9 Å². The Kier molecular flexibility index (Phi) is 2.64. The Morgan fingerprint density at radius 2 is 2.19 bits per heavy atom. The van der Waals surface area contributed by atoms with Crippen molar-refractivity contribution in [2.24, 2.45) is 5.92 Å². The average molecular weight is 219 g/mol. The van der Waals surface area contributed by atoms with Crippen molar-refractivity contribution in [2.45, 2.75) is 18.8 Å². The summed E-state index contributed by atoms with van der Waals surface area (Å²) in [6.45, 7) is 0. The van der Waals surface area contributed by atoms with Gasteiger partial charge in [-0.1, -0.05) is 12.1 Å². The van der Waals surface area contributed by atoms with Crippen LogP contribution in [0.4, 0.5) is 5.69 Å². The van der Waals surface area contributed by atoms with Crippen LogP contribution in [0.2, 0.25) is 0 Å². The summed E-state index contributed by atoms with van der Waals surface area (Å²) in [5.41, 5.74) is 7.07. The first kappa shape index (κ1) is 10.7.